The molecule has 0 spiro atoms. The molecule has 0 aliphatic carbocycles. The maximum absolute atomic E-state index is 11.7. The molecule has 6 nitrogen and oxygen atoms in total. The van der Waals surface area contributed by atoms with Crippen LogP contribution in [0.3, 0.4) is 0 Å². The number of nitrogens with zero attached hydrogens (tertiary/aromatic N) is 2. The van der Waals surface area contributed by atoms with E-state index in [1.54, 1.807) is 6.34 Å². The topological polar surface area (TPSA) is 72.8 Å². The Morgan fingerprint density at radius 2 is 1.97 bits per heavy atom. The van der Waals surface area contributed by atoms with Crippen molar-refractivity contribution in [3.63, 3.8) is 0 Å². The number of carbonyl (C=O) groups is 1. The van der Waals surface area contributed by atoms with E-state index in [9.17, 15) is 4.79 Å². The number of aliphatic imine (C=N–C) groups is 1. The van der Waals surface area contributed by atoms with Crippen molar-refractivity contribution in [2.45, 2.75) is 46.1 Å². The summed E-state index contributed by atoms with van der Waals surface area (Å²) >= 11 is 0. The Morgan fingerprint density at radius 3 is 2.61 bits per heavy atom. The predicted molar refractivity (Wildman–Crippen MR) is 133 cm³/mol. The zero-order chi connectivity index (χ0) is 23.5. The first kappa shape index (κ1) is 24.4. The number of ether oxygens (including phenoxy) is 2. The van der Waals surface area contributed by atoms with Crippen LogP contribution in [-0.2, 0) is 16.0 Å². The van der Waals surface area contributed by atoms with Gasteiger partial charge in [0.15, 0.2) is 0 Å². The van der Waals surface area contributed by atoms with Crippen LogP contribution in [0.5, 0.6) is 5.88 Å². The molecule has 1 N–H and O–H groups in total. The van der Waals surface area contributed by atoms with Gasteiger partial charge in [-0.3, -0.25) is 9.79 Å². The second-order valence-electron chi connectivity index (χ2n) is 7.92. The molecular weight excluding hydrogens is 414 g/mol. The molecular formula is C27H33N3O3. The van der Waals surface area contributed by atoms with Crippen molar-refractivity contribution in [2.24, 2.45) is 4.99 Å². The molecule has 1 aromatic carbocycles. The highest BCUT2D eigenvalue weighted by atomic mass is 16.5. The standard InChI is InChI=1S/C27H33N3O3/c1-4-22(16-21-10-11-26(28-17-21)33-5-2)24-8-6-7-9-25(24)27(20(3)18-31)30-19-29-23-12-14-32-15-13-23/h4,6-11,17-19,23H,5,12-16H2,1-3H3,(H,29,30)/b22-4-,27-20-. The minimum atomic E-state index is 0.248. The summed E-state index contributed by atoms with van der Waals surface area (Å²) in [5.41, 5.74) is 5.66. The zero-order valence-electron chi connectivity index (χ0n) is 19.7. The molecule has 1 aromatic heterocycles. The van der Waals surface area contributed by atoms with Gasteiger partial charge in [0, 0.05) is 36.6 Å². The summed E-state index contributed by atoms with van der Waals surface area (Å²) in [4.78, 5) is 20.8. The van der Waals surface area contributed by atoms with Gasteiger partial charge in [-0.05, 0) is 56.7 Å². The Kier molecular flexibility index (Phi) is 9.39. The average Bonchev–Trinajstić information content (AvgIpc) is 2.87. The van der Waals surface area contributed by atoms with Crippen LogP contribution < -0.4 is 10.1 Å². The van der Waals surface area contributed by atoms with E-state index in [0.29, 0.717) is 18.1 Å². The number of nitrogens with one attached hydrogen (secondary N) is 1. The zero-order valence-corrected chi connectivity index (χ0v) is 19.7. The highest BCUT2D eigenvalue weighted by Crippen LogP contribution is 2.28. The van der Waals surface area contributed by atoms with Crippen molar-refractivity contribution >= 4 is 23.9 Å². The van der Waals surface area contributed by atoms with E-state index in [0.717, 1.165) is 66.7 Å². The molecule has 6 heteroatoms. The number of pyridine rings is 1. The van der Waals surface area contributed by atoms with Crippen LogP contribution >= 0.6 is 0 Å². The number of benzene rings is 1. The number of hydrogen-bond acceptors (Lipinski definition) is 5. The average molecular weight is 448 g/mol. The maximum Gasteiger partial charge on any atom is 0.213 e. The Hall–Kier alpha value is -3.25. The van der Waals surface area contributed by atoms with Gasteiger partial charge in [0.1, 0.15) is 6.29 Å². The third-order valence-corrected chi connectivity index (χ3v) is 5.63. The van der Waals surface area contributed by atoms with Crippen LogP contribution in [0.15, 0.2) is 59.2 Å². The molecule has 3 rings (SSSR count). The minimum absolute atomic E-state index is 0.248. The Balaban J connectivity index is 1.85. The lowest BCUT2D eigenvalue weighted by Crippen LogP contribution is -2.21. The normalized spacial score (nSPS) is 15.9. The molecule has 33 heavy (non-hydrogen) atoms. The Bertz CT molecular complexity index is 1000. The quantitative estimate of drug-likeness (QED) is 0.244. The summed E-state index contributed by atoms with van der Waals surface area (Å²) in [7, 11) is 0. The lowest BCUT2D eigenvalue weighted by molar-refractivity contribution is -0.104. The highest BCUT2D eigenvalue weighted by molar-refractivity contribution is 5.93. The number of hydrogen-bond donors (Lipinski definition) is 1. The first-order valence-electron chi connectivity index (χ1n) is 11.5. The lowest BCUT2D eigenvalue weighted by atomic mass is 9.92. The van der Waals surface area contributed by atoms with Crippen LogP contribution in [0, 0.1) is 0 Å². The lowest BCUT2D eigenvalue weighted by Gasteiger charge is -2.19. The van der Waals surface area contributed by atoms with Gasteiger partial charge >= 0.3 is 0 Å². The fourth-order valence-corrected chi connectivity index (χ4v) is 3.81. The van der Waals surface area contributed by atoms with E-state index >= 15 is 0 Å². The number of aromatic nitrogens is 1. The molecule has 0 amide bonds. The van der Waals surface area contributed by atoms with Crippen molar-refractivity contribution in [1.29, 1.82) is 0 Å². The third-order valence-electron chi connectivity index (χ3n) is 5.63. The van der Waals surface area contributed by atoms with E-state index in [4.69, 9.17) is 9.47 Å². The van der Waals surface area contributed by atoms with E-state index in [1.807, 2.05) is 57.3 Å². The first-order chi connectivity index (χ1) is 16.2. The second kappa shape index (κ2) is 12.7. The number of rotatable bonds is 10. The maximum atomic E-state index is 11.7. The molecule has 1 aliphatic heterocycles. The minimum Gasteiger partial charge on any atom is -0.478 e. The SMILES string of the molecule is C/C=C(/Cc1ccc(OCC)nc1)c1ccccc1/C(NC=NC1CCOCC1)=C(\C)C=O. The molecule has 0 unspecified atom stereocenters. The Morgan fingerprint density at radius 1 is 1.21 bits per heavy atom. The van der Waals surface area contributed by atoms with Crippen LogP contribution in [-0.4, -0.2) is 43.5 Å². The van der Waals surface area contributed by atoms with Gasteiger partial charge in [-0.1, -0.05) is 36.4 Å². The largest absolute Gasteiger partial charge is 0.478 e. The molecule has 1 aliphatic rings. The van der Waals surface area contributed by atoms with Crippen LogP contribution in [0.2, 0.25) is 0 Å². The highest BCUT2D eigenvalue weighted by Gasteiger charge is 2.15. The van der Waals surface area contributed by atoms with Gasteiger partial charge in [-0.25, -0.2) is 4.98 Å². The molecule has 1 fully saturated rings. The van der Waals surface area contributed by atoms with Gasteiger partial charge in [0.05, 0.1) is 24.7 Å². The van der Waals surface area contributed by atoms with E-state index in [2.05, 4.69) is 27.4 Å². The van der Waals surface area contributed by atoms with Crippen molar-refractivity contribution < 1.29 is 14.3 Å². The summed E-state index contributed by atoms with van der Waals surface area (Å²) in [5, 5.41) is 3.30. The summed E-state index contributed by atoms with van der Waals surface area (Å²) in [6, 6.07) is 12.3. The van der Waals surface area contributed by atoms with Crippen LogP contribution in [0.25, 0.3) is 11.3 Å². The fourth-order valence-electron chi connectivity index (χ4n) is 3.81. The molecule has 2 heterocycles. The third kappa shape index (κ3) is 6.86. The fraction of sp³-hybridized carbons (Fsp3) is 0.370. The molecule has 0 radical (unpaired) electrons. The molecule has 174 valence electrons. The van der Waals surface area contributed by atoms with Gasteiger partial charge in [0.2, 0.25) is 5.88 Å². The van der Waals surface area contributed by atoms with Crippen LogP contribution in [0.4, 0.5) is 0 Å². The molecule has 2 aromatic rings. The van der Waals surface area contributed by atoms with Crippen LogP contribution in [0.1, 0.15) is 50.3 Å². The van der Waals surface area contributed by atoms with Crippen molar-refractivity contribution in [2.75, 3.05) is 19.8 Å². The second-order valence-corrected chi connectivity index (χ2v) is 7.92. The summed E-state index contributed by atoms with van der Waals surface area (Å²) in [6.45, 7) is 7.87. The predicted octanol–water partition coefficient (Wildman–Crippen LogP) is 4.85. The van der Waals surface area contributed by atoms with Crippen molar-refractivity contribution in [3.8, 4) is 5.88 Å². The van der Waals surface area contributed by atoms with E-state index in [1.165, 1.54) is 0 Å². The monoisotopic (exact) mass is 447 g/mol. The number of aldehydes is 1. The molecule has 0 saturated carbocycles. The summed E-state index contributed by atoms with van der Waals surface area (Å²) in [5.74, 6) is 0.628. The van der Waals surface area contributed by atoms with Gasteiger partial charge in [-0.15, -0.1) is 0 Å². The molecule has 1 saturated heterocycles. The number of carbonyl (C=O) groups excluding carboxylic acids is 1. The van der Waals surface area contributed by atoms with Crippen molar-refractivity contribution in [1.82, 2.24) is 10.3 Å². The van der Waals surface area contributed by atoms with Gasteiger partial charge in [0.25, 0.3) is 0 Å². The summed E-state index contributed by atoms with van der Waals surface area (Å²) < 4.78 is 10.9. The summed E-state index contributed by atoms with van der Waals surface area (Å²) in [6.07, 6.45) is 9.12. The molecule has 0 bridgehead atoms. The van der Waals surface area contributed by atoms with E-state index < -0.39 is 0 Å². The van der Waals surface area contributed by atoms with Crippen molar-refractivity contribution in [3.05, 3.63) is 70.9 Å². The Labute approximate surface area is 196 Å². The van der Waals surface area contributed by atoms with Gasteiger partial charge < -0.3 is 14.8 Å². The number of allylic oxidation sites excluding steroid dienone is 3. The van der Waals surface area contributed by atoms with E-state index in [-0.39, 0.29) is 6.04 Å². The first-order valence-corrected chi connectivity index (χ1v) is 11.5. The smallest absolute Gasteiger partial charge is 0.213 e. The molecule has 0 atom stereocenters. The van der Waals surface area contributed by atoms with Gasteiger partial charge in [-0.2, -0.15) is 0 Å².